The Morgan fingerprint density at radius 3 is 2.29 bits per heavy atom. The van der Waals surface area contributed by atoms with Crippen LogP contribution in [0.5, 0.6) is 5.75 Å². The summed E-state index contributed by atoms with van der Waals surface area (Å²) in [6.45, 7) is 0. The van der Waals surface area contributed by atoms with Crippen LogP contribution < -0.4 is 15.4 Å². The van der Waals surface area contributed by atoms with Crippen molar-refractivity contribution in [3.63, 3.8) is 0 Å². The lowest BCUT2D eigenvalue weighted by Crippen LogP contribution is -2.19. The number of methoxy groups -OCH3 is 1. The van der Waals surface area contributed by atoms with Crippen LogP contribution in [-0.2, 0) is 4.79 Å². The molecule has 0 saturated carbocycles. The molecule has 0 bridgehead atoms. The summed E-state index contributed by atoms with van der Waals surface area (Å²) in [6, 6.07) is 31.6. The van der Waals surface area contributed by atoms with Gasteiger partial charge in [0.15, 0.2) is 0 Å². The highest BCUT2D eigenvalue weighted by molar-refractivity contribution is 9.10. The van der Waals surface area contributed by atoms with Gasteiger partial charge in [-0.1, -0.05) is 58.4 Å². The van der Waals surface area contributed by atoms with Gasteiger partial charge in [-0.25, -0.2) is 0 Å². The van der Waals surface area contributed by atoms with E-state index in [0.29, 0.717) is 17.0 Å². The Labute approximate surface area is 217 Å². The van der Waals surface area contributed by atoms with Gasteiger partial charge in [0.25, 0.3) is 5.91 Å². The fraction of sp³-hybridized carbons (Fsp3) is 0.0714. The number of ether oxygens (including phenoxy) is 1. The van der Waals surface area contributed by atoms with Gasteiger partial charge < -0.3 is 15.4 Å². The number of halogens is 1. The van der Waals surface area contributed by atoms with Crippen molar-refractivity contribution in [1.82, 2.24) is 0 Å². The first-order chi connectivity index (χ1) is 17.0. The minimum Gasteiger partial charge on any atom is -0.497 e. The number of hydrogen-bond donors (Lipinski definition) is 2. The van der Waals surface area contributed by atoms with E-state index in [4.69, 9.17) is 4.74 Å². The molecule has 4 rings (SSSR count). The summed E-state index contributed by atoms with van der Waals surface area (Å²) in [4.78, 5) is 26.9. The number of benzene rings is 4. The van der Waals surface area contributed by atoms with E-state index in [2.05, 4.69) is 26.6 Å². The number of anilines is 2. The van der Waals surface area contributed by atoms with E-state index < -0.39 is 5.25 Å². The van der Waals surface area contributed by atoms with E-state index in [-0.39, 0.29) is 11.8 Å². The van der Waals surface area contributed by atoms with E-state index >= 15 is 0 Å². The van der Waals surface area contributed by atoms with Gasteiger partial charge in [0.05, 0.1) is 7.11 Å². The summed E-state index contributed by atoms with van der Waals surface area (Å²) in [5, 5.41) is 5.45. The molecule has 0 aliphatic heterocycles. The van der Waals surface area contributed by atoms with E-state index in [1.807, 2.05) is 78.9 Å². The number of amides is 2. The molecule has 1 atom stereocenters. The monoisotopic (exact) mass is 546 g/mol. The maximum absolute atomic E-state index is 13.3. The smallest absolute Gasteiger partial charge is 0.255 e. The number of hydrogen-bond acceptors (Lipinski definition) is 4. The first-order valence-electron chi connectivity index (χ1n) is 10.9. The zero-order valence-electron chi connectivity index (χ0n) is 18.9. The number of carbonyl (C=O) groups is 2. The van der Waals surface area contributed by atoms with Crippen molar-refractivity contribution >= 4 is 50.9 Å². The van der Waals surface area contributed by atoms with Crippen molar-refractivity contribution in [2.45, 2.75) is 10.1 Å². The second kappa shape index (κ2) is 11.7. The van der Waals surface area contributed by atoms with Crippen LogP contribution in [0.15, 0.2) is 112 Å². The Balaban J connectivity index is 1.53. The summed E-state index contributed by atoms with van der Waals surface area (Å²) in [5.41, 5.74) is 2.75. The maximum atomic E-state index is 13.3. The van der Waals surface area contributed by atoms with Crippen LogP contribution in [-0.4, -0.2) is 18.9 Å². The molecule has 35 heavy (non-hydrogen) atoms. The second-order valence-electron chi connectivity index (χ2n) is 7.62. The van der Waals surface area contributed by atoms with Crippen LogP contribution in [0.2, 0.25) is 0 Å². The molecule has 0 aliphatic rings. The predicted octanol–water partition coefficient (Wildman–Crippen LogP) is 7.18. The van der Waals surface area contributed by atoms with Crippen LogP contribution in [0.1, 0.15) is 21.2 Å². The molecule has 2 amide bonds. The number of thioether (sulfide) groups is 1. The molecule has 0 fully saturated rings. The standard InChI is InChI=1S/C28H23BrN2O3S/c1-34-24-11-5-9-20(17-24)27(32)31-23-10-6-12-25(18-23)35-26(19-7-3-2-4-8-19)28(33)30-22-15-13-21(29)14-16-22/h2-18,26H,1H3,(H,30,33)(H,31,32). The molecule has 0 heterocycles. The van der Waals surface area contributed by atoms with Crippen molar-refractivity contribution in [1.29, 1.82) is 0 Å². The highest BCUT2D eigenvalue weighted by Gasteiger charge is 2.22. The van der Waals surface area contributed by atoms with Gasteiger partial charge in [-0.3, -0.25) is 9.59 Å². The molecular weight excluding hydrogens is 524 g/mol. The summed E-state index contributed by atoms with van der Waals surface area (Å²) in [6.07, 6.45) is 0. The topological polar surface area (TPSA) is 67.4 Å². The molecular formula is C28H23BrN2O3S. The first-order valence-corrected chi connectivity index (χ1v) is 12.5. The fourth-order valence-corrected chi connectivity index (χ4v) is 4.74. The highest BCUT2D eigenvalue weighted by Crippen LogP contribution is 2.37. The molecule has 2 N–H and O–H groups in total. The molecule has 0 spiro atoms. The van der Waals surface area contributed by atoms with Crippen molar-refractivity contribution < 1.29 is 14.3 Å². The molecule has 4 aromatic carbocycles. The van der Waals surface area contributed by atoms with Crippen molar-refractivity contribution in [3.05, 3.63) is 119 Å². The van der Waals surface area contributed by atoms with E-state index in [1.165, 1.54) is 11.8 Å². The average molecular weight is 547 g/mol. The van der Waals surface area contributed by atoms with Gasteiger partial charge in [0.2, 0.25) is 5.91 Å². The lowest BCUT2D eigenvalue weighted by molar-refractivity contribution is -0.115. The summed E-state index contributed by atoms with van der Waals surface area (Å²) in [5.74, 6) is 0.248. The van der Waals surface area contributed by atoms with Crippen LogP contribution in [0.4, 0.5) is 11.4 Å². The molecule has 5 nitrogen and oxygen atoms in total. The van der Waals surface area contributed by atoms with Gasteiger partial charge in [-0.2, -0.15) is 0 Å². The van der Waals surface area contributed by atoms with E-state index in [1.54, 1.807) is 31.4 Å². The third-order valence-corrected chi connectivity index (χ3v) is 6.91. The quantitative estimate of drug-likeness (QED) is 0.229. The van der Waals surface area contributed by atoms with Gasteiger partial charge >= 0.3 is 0 Å². The first kappa shape index (κ1) is 24.6. The zero-order valence-corrected chi connectivity index (χ0v) is 21.3. The van der Waals surface area contributed by atoms with E-state index in [0.717, 1.165) is 20.6 Å². The third-order valence-electron chi connectivity index (χ3n) is 5.13. The highest BCUT2D eigenvalue weighted by atomic mass is 79.9. The Hall–Kier alpha value is -3.55. The second-order valence-corrected chi connectivity index (χ2v) is 9.71. The van der Waals surface area contributed by atoms with Gasteiger partial charge in [-0.15, -0.1) is 11.8 Å². The normalized spacial score (nSPS) is 11.4. The van der Waals surface area contributed by atoms with Gasteiger partial charge in [0, 0.05) is 26.3 Å². The zero-order chi connectivity index (χ0) is 24.6. The Morgan fingerprint density at radius 1 is 0.800 bits per heavy atom. The Morgan fingerprint density at radius 2 is 1.54 bits per heavy atom. The lowest BCUT2D eigenvalue weighted by atomic mass is 10.1. The maximum Gasteiger partial charge on any atom is 0.255 e. The molecule has 0 aliphatic carbocycles. The van der Waals surface area contributed by atoms with Crippen LogP contribution in [0.3, 0.4) is 0 Å². The molecule has 1 unspecified atom stereocenters. The summed E-state index contributed by atoms with van der Waals surface area (Å²) >= 11 is 4.84. The Kier molecular flexibility index (Phi) is 8.23. The predicted molar refractivity (Wildman–Crippen MR) is 145 cm³/mol. The van der Waals surface area contributed by atoms with Crippen molar-refractivity contribution in [3.8, 4) is 5.75 Å². The molecule has 0 aromatic heterocycles. The average Bonchev–Trinajstić information content (AvgIpc) is 2.89. The Bertz CT molecular complexity index is 1310. The minimum atomic E-state index is -0.482. The van der Waals surface area contributed by atoms with Crippen LogP contribution >= 0.6 is 27.7 Å². The minimum absolute atomic E-state index is 0.130. The number of rotatable bonds is 8. The summed E-state index contributed by atoms with van der Waals surface area (Å²) in [7, 11) is 1.56. The van der Waals surface area contributed by atoms with Crippen LogP contribution in [0, 0.1) is 0 Å². The largest absolute Gasteiger partial charge is 0.497 e. The molecule has 7 heteroatoms. The fourth-order valence-electron chi connectivity index (χ4n) is 3.39. The number of nitrogens with one attached hydrogen (secondary N) is 2. The van der Waals surface area contributed by atoms with E-state index in [9.17, 15) is 9.59 Å². The lowest BCUT2D eigenvalue weighted by Gasteiger charge is -2.18. The van der Waals surface area contributed by atoms with Gasteiger partial charge in [-0.05, 0) is 66.2 Å². The third kappa shape index (κ3) is 6.74. The number of carbonyl (C=O) groups excluding carboxylic acids is 2. The van der Waals surface area contributed by atoms with Crippen molar-refractivity contribution in [2.75, 3.05) is 17.7 Å². The molecule has 4 aromatic rings. The van der Waals surface area contributed by atoms with Crippen molar-refractivity contribution in [2.24, 2.45) is 0 Å². The molecule has 176 valence electrons. The SMILES string of the molecule is COc1cccc(C(=O)Nc2cccc(SC(C(=O)Nc3ccc(Br)cc3)c3ccccc3)c2)c1. The van der Waals surface area contributed by atoms with Gasteiger partial charge in [0.1, 0.15) is 11.0 Å². The molecule has 0 radical (unpaired) electrons. The summed E-state index contributed by atoms with van der Waals surface area (Å²) < 4.78 is 6.15. The van der Waals surface area contributed by atoms with Crippen LogP contribution in [0.25, 0.3) is 0 Å². The molecule has 0 saturated heterocycles.